The van der Waals surface area contributed by atoms with Crippen molar-refractivity contribution >= 4 is 11.6 Å². The number of amides is 1. The fourth-order valence-corrected chi connectivity index (χ4v) is 3.48. The van der Waals surface area contributed by atoms with Crippen LogP contribution in [0.1, 0.15) is 48.1 Å². The van der Waals surface area contributed by atoms with Crippen molar-refractivity contribution in [1.82, 2.24) is 4.90 Å². The Balaban J connectivity index is 1.63. The fourth-order valence-electron chi connectivity index (χ4n) is 3.48. The maximum absolute atomic E-state index is 13.3. The van der Waals surface area contributed by atoms with Crippen molar-refractivity contribution in [2.24, 2.45) is 5.92 Å². The van der Waals surface area contributed by atoms with Gasteiger partial charge < -0.3 is 19.4 Å². The molecule has 0 bridgehead atoms. The van der Waals surface area contributed by atoms with Gasteiger partial charge in [0.2, 0.25) is 0 Å². The zero-order valence-corrected chi connectivity index (χ0v) is 16.8. The minimum absolute atomic E-state index is 0.0214. The summed E-state index contributed by atoms with van der Waals surface area (Å²) in [6.45, 7) is 5.43. The van der Waals surface area contributed by atoms with E-state index in [4.69, 9.17) is 9.15 Å². The van der Waals surface area contributed by atoms with Gasteiger partial charge in [0, 0.05) is 5.69 Å². The molecule has 1 N–H and O–H groups in total. The van der Waals surface area contributed by atoms with Gasteiger partial charge in [-0.15, -0.1) is 0 Å². The minimum Gasteiger partial charge on any atom is -0.494 e. The first-order valence-corrected chi connectivity index (χ1v) is 10.0. The van der Waals surface area contributed by atoms with Crippen LogP contribution in [0.3, 0.4) is 0 Å². The van der Waals surface area contributed by atoms with E-state index in [1.807, 2.05) is 60.7 Å². The van der Waals surface area contributed by atoms with Gasteiger partial charge in [-0.3, -0.25) is 4.79 Å². The summed E-state index contributed by atoms with van der Waals surface area (Å²) in [4.78, 5) is 15.1. The lowest BCUT2D eigenvalue weighted by Crippen LogP contribution is -2.42. The van der Waals surface area contributed by atoms with Crippen LogP contribution in [0.15, 0.2) is 71.3 Å². The molecule has 0 spiro atoms. The summed E-state index contributed by atoms with van der Waals surface area (Å²) in [6, 6.07) is 19.3. The SMILES string of the molecule is CC(C)CCOc1cccc(C2Nc3ccccc3C(=O)N2Cc2ccco2)c1. The third-order valence-electron chi connectivity index (χ3n) is 5.07. The highest BCUT2D eigenvalue weighted by atomic mass is 16.5. The fraction of sp³-hybridized carbons (Fsp3) is 0.292. The van der Waals surface area contributed by atoms with Crippen molar-refractivity contribution in [3.63, 3.8) is 0 Å². The van der Waals surface area contributed by atoms with Crippen molar-refractivity contribution in [1.29, 1.82) is 0 Å². The summed E-state index contributed by atoms with van der Waals surface area (Å²) in [5.74, 6) is 2.13. The summed E-state index contributed by atoms with van der Waals surface area (Å²) >= 11 is 0. The minimum atomic E-state index is -0.309. The number of ether oxygens (including phenoxy) is 1. The molecule has 1 atom stereocenters. The van der Waals surface area contributed by atoms with Gasteiger partial charge in [-0.05, 0) is 54.3 Å². The molecule has 2 heterocycles. The molecular weight excluding hydrogens is 364 g/mol. The zero-order chi connectivity index (χ0) is 20.2. The number of furan rings is 1. The third-order valence-corrected chi connectivity index (χ3v) is 5.07. The summed E-state index contributed by atoms with van der Waals surface area (Å²) in [5.41, 5.74) is 2.48. The Morgan fingerprint density at radius 3 is 2.76 bits per heavy atom. The molecule has 4 rings (SSSR count). The van der Waals surface area contributed by atoms with Gasteiger partial charge in [0.1, 0.15) is 17.7 Å². The highest BCUT2D eigenvalue weighted by Crippen LogP contribution is 2.35. The van der Waals surface area contributed by atoms with Gasteiger partial charge in [-0.1, -0.05) is 38.1 Å². The Morgan fingerprint density at radius 2 is 1.97 bits per heavy atom. The second kappa shape index (κ2) is 8.43. The van der Waals surface area contributed by atoms with Crippen molar-refractivity contribution < 1.29 is 13.9 Å². The quantitative estimate of drug-likeness (QED) is 0.581. The largest absolute Gasteiger partial charge is 0.494 e. The van der Waals surface area contributed by atoms with Gasteiger partial charge in [-0.25, -0.2) is 0 Å². The molecule has 1 unspecified atom stereocenters. The van der Waals surface area contributed by atoms with E-state index in [2.05, 4.69) is 19.2 Å². The smallest absolute Gasteiger partial charge is 0.258 e. The Bertz CT molecular complexity index is 966. The van der Waals surface area contributed by atoms with Crippen LogP contribution in [-0.2, 0) is 6.54 Å². The predicted molar refractivity (Wildman–Crippen MR) is 113 cm³/mol. The molecule has 1 aliphatic heterocycles. The zero-order valence-electron chi connectivity index (χ0n) is 16.8. The lowest BCUT2D eigenvalue weighted by molar-refractivity contribution is 0.0651. The number of nitrogens with zero attached hydrogens (tertiary/aromatic N) is 1. The molecule has 1 aromatic heterocycles. The maximum atomic E-state index is 13.3. The second-order valence-corrected chi connectivity index (χ2v) is 7.71. The number of para-hydroxylation sites is 1. The molecule has 0 fully saturated rings. The predicted octanol–water partition coefficient (Wildman–Crippen LogP) is 5.47. The molecule has 0 aliphatic carbocycles. The first-order valence-electron chi connectivity index (χ1n) is 10.0. The van der Waals surface area contributed by atoms with E-state index in [-0.39, 0.29) is 12.1 Å². The van der Waals surface area contributed by atoms with E-state index >= 15 is 0 Å². The van der Waals surface area contributed by atoms with Crippen LogP contribution in [-0.4, -0.2) is 17.4 Å². The summed E-state index contributed by atoms with van der Waals surface area (Å²) in [7, 11) is 0. The number of hydrogen-bond donors (Lipinski definition) is 1. The van der Waals surface area contributed by atoms with E-state index in [1.165, 1.54) is 0 Å². The summed E-state index contributed by atoms with van der Waals surface area (Å²) in [6.07, 6.45) is 2.32. The molecule has 0 saturated heterocycles. The summed E-state index contributed by atoms with van der Waals surface area (Å²) < 4.78 is 11.4. The average Bonchev–Trinajstić information content (AvgIpc) is 3.23. The van der Waals surface area contributed by atoms with E-state index < -0.39 is 0 Å². The number of anilines is 1. The lowest BCUT2D eigenvalue weighted by Gasteiger charge is -2.37. The number of carbonyl (C=O) groups is 1. The Kier molecular flexibility index (Phi) is 5.56. The van der Waals surface area contributed by atoms with E-state index in [9.17, 15) is 4.79 Å². The van der Waals surface area contributed by atoms with E-state index in [1.54, 1.807) is 11.2 Å². The van der Waals surface area contributed by atoms with Crippen molar-refractivity contribution in [2.75, 3.05) is 11.9 Å². The molecule has 1 aliphatic rings. The van der Waals surface area contributed by atoms with Crippen LogP contribution in [0.2, 0.25) is 0 Å². The number of nitrogens with one attached hydrogen (secondary N) is 1. The van der Waals surface area contributed by atoms with E-state index in [0.717, 1.165) is 29.2 Å². The van der Waals surface area contributed by atoms with Crippen molar-refractivity contribution in [2.45, 2.75) is 33.0 Å². The Morgan fingerprint density at radius 1 is 1.10 bits per heavy atom. The van der Waals surface area contributed by atoms with Gasteiger partial charge in [0.05, 0.1) is 25.0 Å². The monoisotopic (exact) mass is 390 g/mol. The standard InChI is InChI=1S/C24H26N2O3/c1-17(2)12-14-29-19-8-5-7-18(15-19)23-25-22-11-4-3-10-21(22)24(27)26(23)16-20-9-6-13-28-20/h3-11,13,15,17,23,25H,12,14,16H2,1-2H3. The molecule has 5 heteroatoms. The Labute approximate surface area is 171 Å². The maximum Gasteiger partial charge on any atom is 0.258 e. The van der Waals surface area contributed by atoms with Gasteiger partial charge >= 0.3 is 0 Å². The van der Waals surface area contributed by atoms with Crippen molar-refractivity contribution in [3.8, 4) is 5.75 Å². The number of fused-ring (bicyclic) bond motifs is 1. The Hall–Kier alpha value is -3.21. The lowest BCUT2D eigenvalue weighted by atomic mass is 10.0. The molecule has 5 nitrogen and oxygen atoms in total. The summed E-state index contributed by atoms with van der Waals surface area (Å²) in [5, 5.41) is 3.52. The highest BCUT2D eigenvalue weighted by Gasteiger charge is 2.33. The second-order valence-electron chi connectivity index (χ2n) is 7.71. The number of rotatable bonds is 7. The average molecular weight is 390 g/mol. The van der Waals surface area contributed by atoms with Crippen molar-refractivity contribution in [3.05, 3.63) is 83.8 Å². The molecule has 2 aromatic carbocycles. The van der Waals surface area contributed by atoms with Crippen LogP contribution in [0.5, 0.6) is 5.75 Å². The third kappa shape index (κ3) is 4.29. The molecular formula is C24H26N2O3. The first kappa shape index (κ1) is 19.1. The molecule has 29 heavy (non-hydrogen) atoms. The molecule has 0 saturated carbocycles. The number of hydrogen-bond acceptors (Lipinski definition) is 4. The highest BCUT2D eigenvalue weighted by molar-refractivity contribution is 6.01. The number of carbonyl (C=O) groups excluding carboxylic acids is 1. The van der Waals surface area contributed by atoms with Gasteiger partial charge in [0.15, 0.2) is 0 Å². The van der Waals surface area contributed by atoms with Crippen LogP contribution >= 0.6 is 0 Å². The van der Waals surface area contributed by atoms with Crippen LogP contribution in [0.4, 0.5) is 5.69 Å². The van der Waals surface area contributed by atoms with Crippen LogP contribution in [0.25, 0.3) is 0 Å². The van der Waals surface area contributed by atoms with Crippen LogP contribution in [0, 0.1) is 5.92 Å². The van der Waals surface area contributed by atoms with Crippen LogP contribution < -0.4 is 10.1 Å². The molecule has 1 amide bonds. The molecule has 0 radical (unpaired) electrons. The topological polar surface area (TPSA) is 54.7 Å². The number of benzene rings is 2. The molecule has 150 valence electrons. The van der Waals surface area contributed by atoms with E-state index in [0.29, 0.717) is 24.6 Å². The normalized spacial score (nSPS) is 15.9. The molecule has 3 aromatic rings. The van der Waals surface area contributed by atoms with Gasteiger partial charge in [-0.2, -0.15) is 0 Å². The first-order chi connectivity index (χ1) is 14.1. The van der Waals surface area contributed by atoms with Gasteiger partial charge in [0.25, 0.3) is 5.91 Å².